The van der Waals surface area contributed by atoms with E-state index >= 15 is 0 Å². The fourth-order valence-electron chi connectivity index (χ4n) is 1.04. The highest BCUT2D eigenvalue weighted by Crippen LogP contribution is 2.12. The third-order valence-corrected chi connectivity index (χ3v) is 2.00. The monoisotopic (exact) mass is 168 g/mol. The van der Waals surface area contributed by atoms with Crippen LogP contribution in [-0.2, 0) is 0 Å². The normalized spacial score (nSPS) is 15.0. The van der Waals surface area contributed by atoms with Gasteiger partial charge in [0, 0.05) is 0 Å². The van der Waals surface area contributed by atoms with Crippen molar-refractivity contribution in [2.45, 2.75) is 39.7 Å². The van der Waals surface area contributed by atoms with Gasteiger partial charge in [-0.05, 0) is 32.6 Å². The van der Waals surface area contributed by atoms with E-state index in [0.717, 1.165) is 12.8 Å². The first-order valence-electron chi connectivity index (χ1n) is 4.52. The lowest BCUT2D eigenvalue weighted by Gasteiger charge is -2.13. The summed E-state index contributed by atoms with van der Waals surface area (Å²) in [6, 6.07) is 0. The predicted molar refractivity (Wildman–Crippen MR) is 54.0 cm³/mol. The maximum atomic E-state index is 9.35. The summed E-state index contributed by atoms with van der Waals surface area (Å²) >= 11 is 0. The van der Waals surface area contributed by atoms with Gasteiger partial charge in [-0.15, -0.1) is 6.58 Å². The number of aliphatic hydroxyl groups excluding tert-OH is 1. The lowest BCUT2D eigenvalue weighted by Crippen LogP contribution is -2.13. The third kappa shape index (κ3) is 5.14. The minimum Gasteiger partial charge on any atom is -0.389 e. The molecular weight excluding hydrogens is 148 g/mol. The molecule has 0 fully saturated rings. The molecule has 0 aromatic rings. The van der Waals surface area contributed by atoms with E-state index in [1.54, 1.807) is 6.08 Å². The fourth-order valence-corrected chi connectivity index (χ4v) is 1.04. The number of rotatable bonds is 5. The molecule has 0 aliphatic carbocycles. The average molecular weight is 168 g/mol. The molecule has 0 aromatic carbocycles. The average Bonchev–Trinajstić information content (AvgIpc) is 2.02. The van der Waals surface area contributed by atoms with Gasteiger partial charge in [-0.1, -0.05) is 24.6 Å². The molecule has 70 valence electrons. The Hall–Kier alpha value is -0.560. The molecule has 2 atom stereocenters. The lowest BCUT2D eigenvalue weighted by molar-refractivity contribution is 0.158. The van der Waals surface area contributed by atoms with Gasteiger partial charge >= 0.3 is 0 Å². The molecule has 0 saturated carbocycles. The first-order chi connectivity index (χ1) is 5.57. The highest BCUT2D eigenvalue weighted by molar-refractivity contribution is 4.93. The molecule has 1 nitrogen and oxygen atoms in total. The molecule has 0 rings (SSSR count). The quantitative estimate of drug-likeness (QED) is 0.626. The molecule has 0 radical (unpaired) electrons. The molecule has 0 heterocycles. The zero-order chi connectivity index (χ0) is 9.56. The van der Waals surface area contributed by atoms with Crippen LogP contribution in [0, 0.1) is 5.92 Å². The van der Waals surface area contributed by atoms with Crippen molar-refractivity contribution in [1.82, 2.24) is 0 Å². The van der Waals surface area contributed by atoms with E-state index in [2.05, 4.69) is 26.5 Å². The standard InChI is InChI=1S/C11H20O/c1-5-11(12)10(4)8-6-7-9(2)3/h5,7,10-12H,1,6,8H2,2-4H3. The van der Waals surface area contributed by atoms with Crippen molar-refractivity contribution in [3.8, 4) is 0 Å². The topological polar surface area (TPSA) is 20.2 Å². The minimum atomic E-state index is -0.351. The first-order valence-corrected chi connectivity index (χ1v) is 4.52. The first kappa shape index (κ1) is 11.4. The molecule has 0 aliphatic heterocycles. The number of hydrogen-bond donors (Lipinski definition) is 1. The molecule has 0 spiro atoms. The Bertz CT molecular complexity index is 154. The molecule has 1 heteroatoms. The molecule has 1 N–H and O–H groups in total. The largest absolute Gasteiger partial charge is 0.389 e. The van der Waals surface area contributed by atoms with Crippen molar-refractivity contribution in [3.05, 3.63) is 24.3 Å². The highest BCUT2D eigenvalue weighted by atomic mass is 16.3. The Labute approximate surface area is 75.8 Å². The van der Waals surface area contributed by atoms with Crippen LogP contribution in [0.1, 0.15) is 33.6 Å². The highest BCUT2D eigenvalue weighted by Gasteiger charge is 2.08. The van der Waals surface area contributed by atoms with Gasteiger partial charge in [0.1, 0.15) is 0 Å². The second-order valence-electron chi connectivity index (χ2n) is 3.56. The zero-order valence-corrected chi connectivity index (χ0v) is 8.38. The van der Waals surface area contributed by atoms with Crippen LogP contribution in [0.5, 0.6) is 0 Å². The second kappa shape index (κ2) is 6.01. The summed E-state index contributed by atoms with van der Waals surface area (Å²) in [4.78, 5) is 0. The third-order valence-electron chi connectivity index (χ3n) is 2.00. The van der Waals surface area contributed by atoms with E-state index in [4.69, 9.17) is 0 Å². The van der Waals surface area contributed by atoms with Gasteiger partial charge in [-0.3, -0.25) is 0 Å². The van der Waals surface area contributed by atoms with Crippen molar-refractivity contribution < 1.29 is 5.11 Å². The summed E-state index contributed by atoms with van der Waals surface area (Å²) in [5.41, 5.74) is 1.34. The molecule has 0 aromatic heterocycles. The summed E-state index contributed by atoms with van der Waals surface area (Å²) in [7, 11) is 0. The van der Waals surface area contributed by atoms with Gasteiger partial charge in [0.15, 0.2) is 0 Å². The van der Waals surface area contributed by atoms with E-state index in [1.807, 2.05) is 6.92 Å². The maximum absolute atomic E-state index is 9.35. The van der Waals surface area contributed by atoms with Gasteiger partial charge in [0.05, 0.1) is 6.10 Å². The SMILES string of the molecule is C=CC(O)C(C)CCC=C(C)C. The number of aliphatic hydroxyl groups is 1. The number of allylic oxidation sites excluding steroid dienone is 2. The lowest BCUT2D eigenvalue weighted by atomic mass is 9.98. The van der Waals surface area contributed by atoms with Crippen molar-refractivity contribution >= 4 is 0 Å². The van der Waals surface area contributed by atoms with E-state index in [0.29, 0.717) is 5.92 Å². The molecule has 0 amide bonds. The van der Waals surface area contributed by atoms with Gasteiger partial charge in [-0.2, -0.15) is 0 Å². The van der Waals surface area contributed by atoms with Crippen molar-refractivity contribution in [1.29, 1.82) is 0 Å². The second-order valence-corrected chi connectivity index (χ2v) is 3.56. The number of hydrogen-bond acceptors (Lipinski definition) is 1. The van der Waals surface area contributed by atoms with Crippen LogP contribution >= 0.6 is 0 Å². The van der Waals surface area contributed by atoms with Crippen LogP contribution in [-0.4, -0.2) is 11.2 Å². The van der Waals surface area contributed by atoms with Crippen molar-refractivity contribution in [3.63, 3.8) is 0 Å². The zero-order valence-electron chi connectivity index (χ0n) is 8.38. The van der Waals surface area contributed by atoms with Gasteiger partial charge in [-0.25, -0.2) is 0 Å². The Balaban J connectivity index is 3.63. The summed E-state index contributed by atoms with van der Waals surface area (Å²) in [5.74, 6) is 0.318. The minimum absolute atomic E-state index is 0.318. The molecule has 0 bridgehead atoms. The Morgan fingerprint density at radius 1 is 1.50 bits per heavy atom. The Kier molecular flexibility index (Phi) is 5.73. The summed E-state index contributed by atoms with van der Waals surface area (Å²) < 4.78 is 0. The maximum Gasteiger partial charge on any atom is 0.0743 e. The van der Waals surface area contributed by atoms with E-state index in [-0.39, 0.29) is 6.10 Å². The smallest absolute Gasteiger partial charge is 0.0743 e. The summed E-state index contributed by atoms with van der Waals surface area (Å²) in [6.45, 7) is 9.79. The van der Waals surface area contributed by atoms with Crippen LogP contribution in [0.4, 0.5) is 0 Å². The van der Waals surface area contributed by atoms with Gasteiger partial charge in [0.2, 0.25) is 0 Å². The van der Waals surface area contributed by atoms with Crippen molar-refractivity contribution in [2.24, 2.45) is 5.92 Å². The Morgan fingerprint density at radius 2 is 2.08 bits per heavy atom. The molecule has 2 unspecified atom stereocenters. The van der Waals surface area contributed by atoms with Gasteiger partial charge < -0.3 is 5.11 Å². The molecular formula is C11H20O. The molecule has 0 saturated heterocycles. The van der Waals surface area contributed by atoms with Crippen LogP contribution in [0.25, 0.3) is 0 Å². The molecule has 0 aliphatic rings. The molecule has 12 heavy (non-hydrogen) atoms. The predicted octanol–water partition coefficient (Wildman–Crippen LogP) is 2.92. The van der Waals surface area contributed by atoms with Crippen molar-refractivity contribution in [2.75, 3.05) is 0 Å². The van der Waals surface area contributed by atoms with E-state index in [9.17, 15) is 5.11 Å². The van der Waals surface area contributed by atoms with Gasteiger partial charge in [0.25, 0.3) is 0 Å². The van der Waals surface area contributed by atoms with Crippen LogP contribution in [0.15, 0.2) is 24.3 Å². The van der Waals surface area contributed by atoms with E-state index < -0.39 is 0 Å². The fraction of sp³-hybridized carbons (Fsp3) is 0.636. The van der Waals surface area contributed by atoms with Crippen LogP contribution in [0.2, 0.25) is 0 Å². The summed E-state index contributed by atoms with van der Waals surface area (Å²) in [5, 5.41) is 9.35. The van der Waals surface area contributed by atoms with Crippen LogP contribution in [0.3, 0.4) is 0 Å². The summed E-state index contributed by atoms with van der Waals surface area (Å²) in [6.07, 6.45) is 5.53. The Morgan fingerprint density at radius 3 is 2.50 bits per heavy atom. The van der Waals surface area contributed by atoms with Crippen LogP contribution < -0.4 is 0 Å². The van der Waals surface area contributed by atoms with E-state index in [1.165, 1.54) is 5.57 Å².